The van der Waals surface area contributed by atoms with Crippen LogP contribution in [0.15, 0.2) is 195 Å². The van der Waals surface area contributed by atoms with E-state index in [4.69, 9.17) is 9.47 Å². The molecule has 4 aromatic heterocycles. The number of benzene rings is 6. The van der Waals surface area contributed by atoms with E-state index >= 15 is 0 Å². The number of ether oxygens (including phenoxy) is 2. The number of nitrogens with zero attached hydrogens (tertiary/aromatic N) is 4. The number of aryl methyl sites for hydroxylation is 2. The molecule has 1 aliphatic carbocycles. The molecule has 16 aliphatic rings. The van der Waals surface area contributed by atoms with E-state index in [1.165, 1.54) is 22.3 Å². The molecule has 0 amide bonds. The van der Waals surface area contributed by atoms with Gasteiger partial charge in [-0.2, -0.15) is 9.13 Å². The minimum atomic E-state index is -0.219. The molecule has 458 valence electrons. The van der Waals surface area contributed by atoms with Crippen LogP contribution in [0.1, 0.15) is 163 Å². The second kappa shape index (κ2) is 24.5. The van der Waals surface area contributed by atoms with Crippen LogP contribution >= 0.6 is 0 Å². The normalized spacial score (nSPS) is 14.0. The Balaban J connectivity index is 0.972. The van der Waals surface area contributed by atoms with Crippen molar-refractivity contribution in [3.05, 3.63) is 262 Å². The molecular formula is C82H90N4O4+4. The first-order valence-electron chi connectivity index (χ1n) is 32.4. The second-order valence-corrected chi connectivity index (χ2v) is 29.4. The fourth-order valence-electron chi connectivity index (χ4n) is 12.7. The average Bonchev–Trinajstić information content (AvgIpc) is 0.840. The summed E-state index contributed by atoms with van der Waals surface area (Å²) in [6.07, 6.45) is 20.5. The van der Waals surface area contributed by atoms with Crippen molar-refractivity contribution in [2.75, 3.05) is 13.2 Å². The standard InChI is InChI=1S/C82H88N4O4/c1-79(2,3)69-47-61-43-65-51-71(81(7,8)9)53-67-45-63-49-70(80(4,5)6)50-64(76(63)88)46-68-54-72(82(10,11)12)52-66(44-62(48-69)75(61)87)78(68)90-42-14-32-84-35-25-58(26-36-84)60-29-39-86(40-30-60)74-21-17-56(18-22-74)55-15-19-73(20-16-55)85-37-27-59(28-38-85)57-23-33-83(34-24-57)31-13-41-89-77(65)67/h15-30,33-40,47-54H,13-14,31-32,41-46H2,1-12H3/q+2/p+2. The van der Waals surface area contributed by atoms with Crippen LogP contribution < -0.4 is 27.7 Å². The number of phenolic OH excluding ortho intramolecular Hbond substituents is 2. The number of pyridine rings is 4. The topological polar surface area (TPSA) is 74.4 Å². The summed E-state index contributed by atoms with van der Waals surface area (Å²) in [6.45, 7) is 29.6. The monoisotopic (exact) mass is 1190 g/mol. The Bertz CT molecular complexity index is 3860. The molecule has 0 radical (unpaired) electrons. The summed E-state index contributed by atoms with van der Waals surface area (Å²) < 4.78 is 23.2. The lowest BCUT2D eigenvalue weighted by Crippen LogP contribution is -2.33. The minimum absolute atomic E-state index is 0.210. The number of phenols is 2. The zero-order valence-corrected chi connectivity index (χ0v) is 55.0. The van der Waals surface area contributed by atoms with Gasteiger partial charge in [0.25, 0.3) is 0 Å². The molecule has 90 heavy (non-hydrogen) atoms. The maximum absolute atomic E-state index is 13.0. The first-order chi connectivity index (χ1) is 42.9. The maximum Gasteiger partial charge on any atom is 0.210 e. The minimum Gasteiger partial charge on any atom is -0.507 e. The summed E-state index contributed by atoms with van der Waals surface area (Å²) >= 11 is 0. The third-order valence-electron chi connectivity index (χ3n) is 18.4. The van der Waals surface area contributed by atoms with E-state index in [1.54, 1.807) is 0 Å². The van der Waals surface area contributed by atoms with E-state index in [9.17, 15) is 10.2 Å². The van der Waals surface area contributed by atoms with Crippen molar-refractivity contribution in [1.29, 1.82) is 0 Å². The molecule has 0 saturated carbocycles. The summed E-state index contributed by atoms with van der Waals surface area (Å²) in [4.78, 5) is 0. The highest BCUT2D eigenvalue weighted by atomic mass is 16.5. The Labute approximate surface area is 534 Å². The molecule has 26 rings (SSSR count). The summed E-state index contributed by atoms with van der Waals surface area (Å²) in [5.41, 5.74) is 20.4. The number of aromatic hydroxyl groups is 2. The van der Waals surface area contributed by atoms with Crippen molar-refractivity contribution in [2.45, 2.75) is 156 Å². The van der Waals surface area contributed by atoms with Crippen LogP contribution in [0.25, 0.3) is 44.8 Å². The average molecular weight is 1200 g/mol. The van der Waals surface area contributed by atoms with Gasteiger partial charge in [-0.1, -0.05) is 132 Å². The number of aromatic nitrogens is 4. The predicted molar refractivity (Wildman–Crippen MR) is 362 cm³/mol. The van der Waals surface area contributed by atoms with Gasteiger partial charge in [0.15, 0.2) is 62.7 Å². The van der Waals surface area contributed by atoms with E-state index in [2.05, 4.69) is 297 Å². The highest BCUT2D eigenvalue weighted by Gasteiger charge is 2.29. The number of rotatable bonds is 0. The van der Waals surface area contributed by atoms with Gasteiger partial charge in [0.2, 0.25) is 11.4 Å². The van der Waals surface area contributed by atoms with Gasteiger partial charge in [-0.05, 0) is 146 Å². The molecule has 15 aliphatic heterocycles. The van der Waals surface area contributed by atoms with Gasteiger partial charge in [-0.15, -0.1) is 0 Å². The molecule has 8 nitrogen and oxygen atoms in total. The summed E-state index contributed by atoms with van der Waals surface area (Å²) in [5, 5.41) is 25.9. The third kappa shape index (κ3) is 13.5. The number of hydrogen-bond donors (Lipinski definition) is 2. The molecule has 2 N–H and O–H groups in total. The van der Waals surface area contributed by atoms with Crippen LogP contribution in [-0.2, 0) is 60.4 Å². The van der Waals surface area contributed by atoms with E-state index in [0.717, 1.165) is 127 Å². The zero-order chi connectivity index (χ0) is 63.3. The van der Waals surface area contributed by atoms with Gasteiger partial charge in [-0.25, -0.2) is 9.13 Å². The van der Waals surface area contributed by atoms with Crippen LogP contribution in [0.2, 0.25) is 0 Å². The van der Waals surface area contributed by atoms with E-state index in [-0.39, 0.29) is 21.7 Å². The Hall–Kier alpha value is -8.88. The predicted octanol–water partition coefficient (Wildman–Crippen LogP) is 16.3. The largest absolute Gasteiger partial charge is 0.507 e. The van der Waals surface area contributed by atoms with Gasteiger partial charge >= 0.3 is 0 Å². The Morgan fingerprint density at radius 1 is 0.300 bits per heavy atom. The van der Waals surface area contributed by atoms with Crippen molar-refractivity contribution in [2.24, 2.45) is 0 Å². The van der Waals surface area contributed by atoms with Crippen LogP contribution in [0.3, 0.4) is 0 Å². The summed E-state index contributed by atoms with van der Waals surface area (Å²) in [7, 11) is 0. The lowest BCUT2D eigenvalue weighted by atomic mass is 9.79. The highest BCUT2D eigenvalue weighted by molar-refractivity contribution is 5.66. The third-order valence-corrected chi connectivity index (χ3v) is 18.4. The van der Waals surface area contributed by atoms with Gasteiger partial charge in [0.05, 0.1) is 13.2 Å². The molecule has 0 fully saturated rings. The smallest absolute Gasteiger partial charge is 0.210 e. The fraction of sp³-hybridized carbons (Fsp3) is 0.317. The molecule has 8 heteroatoms. The fourth-order valence-corrected chi connectivity index (χ4v) is 12.7. The van der Waals surface area contributed by atoms with Gasteiger partial charge in [0.1, 0.15) is 23.0 Å². The summed E-state index contributed by atoms with van der Waals surface area (Å²) in [6, 6.07) is 53.1. The lowest BCUT2D eigenvalue weighted by Gasteiger charge is -2.28. The molecular weight excluding hydrogens is 1100 g/mol. The summed E-state index contributed by atoms with van der Waals surface area (Å²) in [5.74, 6) is 2.23. The van der Waals surface area contributed by atoms with Gasteiger partial charge in [0, 0.05) is 111 Å². The van der Waals surface area contributed by atoms with E-state index in [0.29, 0.717) is 50.4 Å². The van der Waals surface area contributed by atoms with Crippen LogP contribution in [0, 0.1) is 0 Å². The van der Waals surface area contributed by atoms with Crippen LogP contribution in [-0.4, -0.2) is 23.4 Å². The zero-order valence-electron chi connectivity index (χ0n) is 55.0. The molecule has 10 aromatic rings. The Morgan fingerprint density at radius 2 is 0.533 bits per heavy atom. The second-order valence-electron chi connectivity index (χ2n) is 29.4. The molecule has 6 aromatic carbocycles. The Kier molecular flexibility index (Phi) is 16.7. The first-order valence-corrected chi connectivity index (χ1v) is 32.4. The van der Waals surface area contributed by atoms with Crippen molar-refractivity contribution in [3.63, 3.8) is 0 Å². The van der Waals surface area contributed by atoms with Gasteiger partial charge < -0.3 is 19.7 Å². The van der Waals surface area contributed by atoms with Crippen molar-refractivity contribution in [1.82, 2.24) is 0 Å². The lowest BCUT2D eigenvalue weighted by molar-refractivity contribution is -0.697. The molecule has 0 atom stereocenters. The highest BCUT2D eigenvalue weighted by Crippen LogP contribution is 2.44. The first kappa shape index (κ1) is 61.4. The SMILES string of the molecule is CC(C)(C)c1cc2c(O)c(c1)Cc1cc(C(C)(C)C)cc3c1OCCC[n+]1ccc(cc1)-c1cc[n+](cc1)-c1ccc(cc1)-c1ccc(cc1)-[n+]1ccc(cc1)-c1cc[n+](cc1)CCCOc1c(cc(C(C)(C)C)cc1Cc1cc(C(C)(C)C)cc(c1O)C3)C2. The van der Waals surface area contributed by atoms with Crippen molar-refractivity contribution >= 4 is 0 Å². The Morgan fingerprint density at radius 3 is 0.789 bits per heavy atom. The maximum atomic E-state index is 13.0. The van der Waals surface area contributed by atoms with E-state index < -0.39 is 0 Å². The molecule has 0 spiro atoms. The van der Waals surface area contributed by atoms with Crippen molar-refractivity contribution < 1.29 is 38.0 Å². The molecule has 0 saturated heterocycles. The molecule has 19 heterocycles. The quantitative estimate of drug-likeness (QED) is 0.148. The van der Waals surface area contributed by atoms with E-state index in [1.807, 2.05) is 0 Å². The van der Waals surface area contributed by atoms with Crippen molar-refractivity contribution in [3.8, 4) is 67.8 Å². The molecule has 0 unspecified atom stereocenters. The number of fused-ring (bicyclic) bond motifs is 1. The van der Waals surface area contributed by atoms with Gasteiger partial charge in [-0.3, -0.25) is 0 Å². The molecule has 22 bridgehead atoms. The van der Waals surface area contributed by atoms with Crippen LogP contribution in [0.5, 0.6) is 23.0 Å². The van der Waals surface area contributed by atoms with Crippen LogP contribution in [0.4, 0.5) is 0 Å². The number of hydrogen-bond acceptors (Lipinski definition) is 4.